The number of sulfonamides is 1. The van der Waals surface area contributed by atoms with Gasteiger partial charge < -0.3 is 14.8 Å². The van der Waals surface area contributed by atoms with Crippen molar-refractivity contribution in [1.82, 2.24) is 5.32 Å². The maximum absolute atomic E-state index is 13.5. The van der Waals surface area contributed by atoms with Crippen molar-refractivity contribution in [1.29, 1.82) is 0 Å². The third kappa shape index (κ3) is 4.37. The lowest BCUT2D eigenvalue weighted by molar-refractivity contribution is -0.127. The number of anilines is 1. The minimum atomic E-state index is -4.02. The second kappa shape index (κ2) is 9.10. The van der Waals surface area contributed by atoms with E-state index in [1.807, 2.05) is 30.3 Å². The Labute approximate surface area is 191 Å². The Morgan fingerprint density at radius 3 is 2.56 bits per heavy atom. The number of fused-ring (bicyclic) bond motifs is 1. The molecule has 3 aromatic carbocycles. The molecule has 1 N–H and O–H groups in total. The fraction of sp³-hybridized carbons (Fsp3) is 0.174. The monoisotopic (exact) mass is 472 g/mol. The number of carbonyl (C=O) groups is 1. The molecule has 0 radical (unpaired) electrons. The van der Waals surface area contributed by atoms with Gasteiger partial charge in [0.15, 0.2) is 6.10 Å². The third-order valence-corrected chi connectivity index (χ3v) is 7.12. The van der Waals surface area contributed by atoms with E-state index in [4.69, 9.17) is 21.1 Å². The molecule has 0 saturated heterocycles. The van der Waals surface area contributed by atoms with Crippen molar-refractivity contribution in [2.75, 3.05) is 18.0 Å². The Morgan fingerprint density at radius 1 is 1.12 bits per heavy atom. The highest BCUT2D eigenvalue weighted by molar-refractivity contribution is 7.92. The number of para-hydroxylation sites is 2. The molecule has 0 spiro atoms. The smallest absolute Gasteiger partial charge is 0.264 e. The molecule has 32 heavy (non-hydrogen) atoms. The number of amides is 1. The van der Waals surface area contributed by atoms with E-state index in [9.17, 15) is 13.2 Å². The Kier molecular flexibility index (Phi) is 6.25. The van der Waals surface area contributed by atoms with Gasteiger partial charge in [0, 0.05) is 6.54 Å². The third-order valence-electron chi connectivity index (χ3n) is 5.05. The summed E-state index contributed by atoms with van der Waals surface area (Å²) in [6.45, 7) is 0.131. The Morgan fingerprint density at radius 2 is 1.84 bits per heavy atom. The number of hydrogen-bond donors (Lipinski definition) is 1. The highest BCUT2D eigenvalue weighted by Crippen LogP contribution is 2.38. The van der Waals surface area contributed by atoms with Gasteiger partial charge in [-0.25, -0.2) is 8.42 Å². The molecule has 7 nitrogen and oxygen atoms in total. The highest BCUT2D eigenvalue weighted by atomic mass is 35.5. The van der Waals surface area contributed by atoms with Crippen LogP contribution in [0.4, 0.5) is 5.69 Å². The van der Waals surface area contributed by atoms with E-state index in [0.717, 1.165) is 5.56 Å². The number of rotatable bonds is 6. The molecule has 1 atom stereocenters. The second-order valence-corrected chi connectivity index (χ2v) is 9.38. The van der Waals surface area contributed by atoms with E-state index in [-0.39, 0.29) is 16.5 Å². The number of carbonyl (C=O) groups excluding carboxylic acids is 1. The largest absolute Gasteiger partial charge is 0.495 e. The van der Waals surface area contributed by atoms with Gasteiger partial charge in [0.1, 0.15) is 11.5 Å². The summed E-state index contributed by atoms with van der Waals surface area (Å²) in [6, 6.07) is 20.4. The van der Waals surface area contributed by atoms with Gasteiger partial charge in [-0.1, -0.05) is 54.1 Å². The van der Waals surface area contributed by atoms with Crippen LogP contribution < -0.4 is 19.1 Å². The number of hydrogen-bond acceptors (Lipinski definition) is 5. The van der Waals surface area contributed by atoms with Crippen LogP contribution in [-0.2, 0) is 21.4 Å². The summed E-state index contributed by atoms with van der Waals surface area (Å²) in [6.07, 6.45) is -1.02. The van der Waals surface area contributed by atoms with E-state index in [1.165, 1.54) is 29.6 Å². The van der Waals surface area contributed by atoms with Gasteiger partial charge >= 0.3 is 0 Å². The van der Waals surface area contributed by atoms with Crippen molar-refractivity contribution in [2.45, 2.75) is 17.5 Å². The number of benzene rings is 3. The molecular weight excluding hydrogens is 452 g/mol. The summed E-state index contributed by atoms with van der Waals surface area (Å²) >= 11 is 6.16. The first-order valence-corrected chi connectivity index (χ1v) is 11.7. The van der Waals surface area contributed by atoms with Crippen molar-refractivity contribution in [3.05, 3.63) is 83.4 Å². The molecule has 0 aliphatic carbocycles. The maximum Gasteiger partial charge on any atom is 0.264 e. The molecule has 3 aromatic rings. The van der Waals surface area contributed by atoms with Crippen LogP contribution in [0.15, 0.2) is 77.7 Å². The van der Waals surface area contributed by atoms with Gasteiger partial charge in [0.2, 0.25) is 0 Å². The van der Waals surface area contributed by atoms with Gasteiger partial charge in [0.05, 0.1) is 29.3 Å². The molecule has 1 aliphatic rings. The lowest BCUT2D eigenvalue weighted by Crippen LogP contribution is -2.50. The molecule has 9 heteroatoms. The van der Waals surface area contributed by atoms with Gasteiger partial charge in [-0.15, -0.1) is 0 Å². The van der Waals surface area contributed by atoms with Crippen molar-refractivity contribution < 1.29 is 22.7 Å². The normalized spacial score (nSPS) is 15.4. The standard InChI is InChI=1S/C23H21ClN2O5S/c1-30-20-12-11-17(13-18(20)24)32(28,29)26-15-22(31-21-10-6-5-9-19(21)26)23(27)25-14-16-7-3-2-4-8-16/h2-13,22H,14-15H2,1H3,(H,25,27). The molecule has 1 unspecified atom stereocenters. The molecular formula is C23H21ClN2O5S. The van der Waals surface area contributed by atoms with E-state index in [0.29, 0.717) is 23.7 Å². The number of nitrogens with one attached hydrogen (secondary N) is 1. The van der Waals surface area contributed by atoms with E-state index in [1.54, 1.807) is 24.3 Å². The van der Waals surface area contributed by atoms with Gasteiger partial charge in [-0.05, 0) is 35.9 Å². The Balaban J connectivity index is 1.62. The van der Waals surface area contributed by atoms with Crippen LogP contribution in [0.3, 0.4) is 0 Å². The van der Waals surface area contributed by atoms with Crippen LogP contribution in [0.2, 0.25) is 5.02 Å². The van der Waals surface area contributed by atoms with E-state index >= 15 is 0 Å². The summed E-state index contributed by atoms with van der Waals surface area (Å²) in [7, 11) is -2.57. The molecule has 166 valence electrons. The lowest BCUT2D eigenvalue weighted by atomic mass is 10.2. The lowest BCUT2D eigenvalue weighted by Gasteiger charge is -2.34. The maximum atomic E-state index is 13.5. The van der Waals surface area contributed by atoms with Crippen LogP contribution in [0.1, 0.15) is 5.56 Å². The average Bonchev–Trinajstić information content (AvgIpc) is 2.82. The molecule has 1 aliphatic heterocycles. The molecule has 4 rings (SSSR count). The van der Waals surface area contributed by atoms with Crippen LogP contribution in [0.5, 0.6) is 11.5 Å². The summed E-state index contributed by atoms with van der Waals surface area (Å²) in [5.41, 5.74) is 1.28. The zero-order valence-corrected chi connectivity index (χ0v) is 18.8. The van der Waals surface area contributed by atoms with Gasteiger partial charge in [0.25, 0.3) is 15.9 Å². The topological polar surface area (TPSA) is 84.9 Å². The summed E-state index contributed by atoms with van der Waals surface area (Å²) in [5.74, 6) is 0.268. The first-order valence-electron chi connectivity index (χ1n) is 9.84. The number of methoxy groups -OCH3 is 1. The van der Waals surface area contributed by atoms with Crippen LogP contribution >= 0.6 is 11.6 Å². The second-order valence-electron chi connectivity index (χ2n) is 7.11. The van der Waals surface area contributed by atoms with Crippen molar-refractivity contribution in [3.63, 3.8) is 0 Å². The summed E-state index contributed by atoms with van der Waals surface area (Å²) < 4.78 is 39.1. The molecule has 1 heterocycles. The van der Waals surface area contributed by atoms with Crippen LogP contribution in [0.25, 0.3) is 0 Å². The molecule has 0 bridgehead atoms. The predicted octanol–water partition coefficient (Wildman–Crippen LogP) is 3.62. The first-order chi connectivity index (χ1) is 15.4. The number of nitrogens with zero attached hydrogens (tertiary/aromatic N) is 1. The van der Waals surface area contributed by atoms with Gasteiger partial charge in [-0.2, -0.15) is 0 Å². The number of ether oxygens (including phenoxy) is 2. The highest BCUT2D eigenvalue weighted by Gasteiger charge is 2.37. The summed E-state index contributed by atoms with van der Waals surface area (Å²) in [4.78, 5) is 12.8. The van der Waals surface area contributed by atoms with Crippen molar-refractivity contribution in [2.24, 2.45) is 0 Å². The Hall–Kier alpha value is -3.23. The number of halogens is 1. The molecule has 1 amide bonds. The SMILES string of the molecule is COc1ccc(S(=O)(=O)N2CC(C(=O)NCc3ccccc3)Oc3ccccc32)cc1Cl. The molecule has 0 aromatic heterocycles. The van der Waals surface area contributed by atoms with Crippen molar-refractivity contribution >= 4 is 33.2 Å². The van der Waals surface area contributed by atoms with E-state index in [2.05, 4.69) is 5.32 Å². The zero-order valence-electron chi connectivity index (χ0n) is 17.2. The summed E-state index contributed by atoms with van der Waals surface area (Å²) in [5, 5.41) is 2.99. The Bertz CT molecular complexity index is 1230. The van der Waals surface area contributed by atoms with Crippen LogP contribution in [0, 0.1) is 0 Å². The minimum absolute atomic E-state index is 0.0107. The molecule has 0 saturated carbocycles. The average molecular weight is 473 g/mol. The van der Waals surface area contributed by atoms with Crippen LogP contribution in [-0.4, -0.2) is 34.1 Å². The first kappa shape index (κ1) is 22.0. The fourth-order valence-corrected chi connectivity index (χ4v) is 5.23. The van der Waals surface area contributed by atoms with E-state index < -0.39 is 22.0 Å². The van der Waals surface area contributed by atoms with Crippen molar-refractivity contribution in [3.8, 4) is 11.5 Å². The predicted molar refractivity (Wildman–Crippen MR) is 122 cm³/mol. The quantitative estimate of drug-likeness (QED) is 0.592. The van der Waals surface area contributed by atoms with Gasteiger partial charge in [-0.3, -0.25) is 9.10 Å². The fourth-order valence-electron chi connectivity index (χ4n) is 3.40. The zero-order chi connectivity index (χ0) is 22.7. The molecule has 0 fully saturated rings. The minimum Gasteiger partial charge on any atom is -0.495 e.